The van der Waals surface area contributed by atoms with Gasteiger partial charge in [-0.3, -0.25) is 4.57 Å². The van der Waals surface area contributed by atoms with Crippen molar-refractivity contribution >= 4 is 40.3 Å². The van der Waals surface area contributed by atoms with E-state index in [2.05, 4.69) is 22.8 Å². The van der Waals surface area contributed by atoms with Gasteiger partial charge >= 0.3 is 6.09 Å². The number of nitrogens with zero attached hydrogens (tertiary/aromatic N) is 5. The second-order valence-electron chi connectivity index (χ2n) is 12.5. The zero-order chi connectivity index (χ0) is 30.5. The van der Waals surface area contributed by atoms with Gasteiger partial charge in [0.15, 0.2) is 17.0 Å². The summed E-state index contributed by atoms with van der Waals surface area (Å²) < 4.78 is 19.4. The third-order valence-electron chi connectivity index (χ3n) is 8.66. The van der Waals surface area contributed by atoms with Crippen molar-refractivity contribution in [2.24, 2.45) is 5.92 Å². The third-order valence-corrected chi connectivity index (χ3v) is 8.66. The number of hydrogen-bond acceptors (Lipinski definition) is 9. The van der Waals surface area contributed by atoms with Gasteiger partial charge < -0.3 is 29.7 Å². The summed E-state index contributed by atoms with van der Waals surface area (Å²) in [6.07, 6.45) is 13.5. The Hall–Kier alpha value is -3.86. The summed E-state index contributed by atoms with van der Waals surface area (Å²) in [6, 6.07) is 6.47. The highest BCUT2D eigenvalue weighted by Crippen LogP contribution is 2.35. The number of ether oxygens (including phenoxy) is 3. The van der Waals surface area contributed by atoms with Crippen LogP contribution in [0.25, 0.3) is 16.7 Å². The Morgan fingerprint density at radius 2 is 1.95 bits per heavy atom. The number of imidazole rings is 1. The van der Waals surface area contributed by atoms with Gasteiger partial charge in [-0.15, -0.1) is 0 Å². The van der Waals surface area contributed by atoms with Crippen molar-refractivity contribution in [2.45, 2.75) is 83.9 Å². The van der Waals surface area contributed by atoms with Crippen molar-refractivity contribution < 1.29 is 19.0 Å². The molecule has 2 aromatic heterocycles. The Balaban J connectivity index is 1.24. The molecule has 236 valence electrons. The Labute approximate surface area is 259 Å². The van der Waals surface area contributed by atoms with E-state index in [4.69, 9.17) is 29.2 Å². The minimum atomic E-state index is -0.253. The number of nitrogens with one attached hydrogen (secondary N) is 2. The van der Waals surface area contributed by atoms with Gasteiger partial charge in [-0.05, 0) is 67.7 Å². The average Bonchev–Trinajstić information content (AvgIpc) is 3.49. The number of fused-ring (bicyclic) bond motifs is 1. The molecule has 0 radical (unpaired) electrons. The quantitative estimate of drug-likeness (QED) is 0.269. The highest BCUT2D eigenvalue weighted by Gasteiger charge is 2.24. The summed E-state index contributed by atoms with van der Waals surface area (Å²) in [5.74, 6) is 2.23. The Kier molecular flexibility index (Phi) is 9.49. The lowest BCUT2D eigenvalue weighted by atomic mass is 9.95. The van der Waals surface area contributed by atoms with Gasteiger partial charge in [-0.1, -0.05) is 45.3 Å². The van der Waals surface area contributed by atoms with E-state index in [0.717, 1.165) is 73.4 Å². The van der Waals surface area contributed by atoms with E-state index in [9.17, 15) is 4.79 Å². The van der Waals surface area contributed by atoms with Gasteiger partial charge in [0.05, 0.1) is 25.7 Å². The fraction of sp³-hybridized carbons (Fsp3) is 0.576. The van der Waals surface area contributed by atoms with E-state index in [1.807, 2.05) is 36.9 Å². The smallest absolute Gasteiger partial charge is 0.410 e. The normalized spacial score (nSPS) is 19.6. The molecule has 44 heavy (non-hydrogen) atoms. The second kappa shape index (κ2) is 13.8. The van der Waals surface area contributed by atoms with Crippen LogP contribution in [-0.2, 0) is 9.47 Å². The maximum absolute atomic E-state index is 12.4. The molecule has 4 heterocycles. The van der Waals surface area contributed by atoms with Gasteiger partial charge in [0, 0.05) is 25.7 Å². The molecule has 1 aromatic carbocycles. The molecule has 2 aliphatic heterocycles. The standard InChI is InChI=1S/C33H45N7O4/c1-22(2)20-44-33(41)39-16-14-23(15-17-39)24-12-13-26(27(19-24)42-3)36-32-37-30(35-25-9-5-4-6-10-25)29-31(38-32)40(21-34-29)28-11-7-8-18-43-28/h12-14,19,21-22,25,28H,4-11,15-18,20H2,1-3H3,(H2,35,36,37,38). The maximum atomic E-state index is 12.4. The van der Waals surface area contributed by atoms with Crippen LogP contribution in [0.3, 0.4) is 0 Å². The van der Waals surface area contributed by atoms with Gasteiger partial charge in [0.25, 0.3) is 0 Å². The molecule has 0 spiro atoms. The SMILES string of the molecule is COc1cc(C2=CCN(C(=O)OCC(C)C)CC2)ccc1Nc1nc(NC2CCCCC2)c2ncn(C3CCCCO3)c2n1. The summed E-state index contributed by atoms with van der Waals surface area (Å²) in [5, 5.41) is 7.12. The van der Waals surface area contributed by atoms with Crippen molar-refractivity contribution in [3.8, 4) is 5.75 Å². The molecule has 11 heteroatoms. The average molecular weight is 604 g/mol. The number of amides is 1. The number of carbonyl (C=O) groups is 1. The van der Waals surface area contributed by atoms with Crippen LogP contribution >= 0.6 is 0 Å². The molecule has 11 nitrogen and oxygen atoms in total. The molecule has 2 N–H and O–H groups in total. The van der Waals surface area contributed by atoms with Crippen LogP contribution in [0.5, 0.6) is 5.75 Å². The van der Waals surface area contributed by atoms with Crippen LogP contribution in [0, 0.1) is 5.92 Å². The third kappa shape index (κ3) is 6.93. The Morgan fingerprint density at radius 1 is 1.11 bits per heavy atom. The first-order valence-corrected chi connectivity index (χ1v) is 16.2. The van der Waals surface area contributed by atoms with Crippen LogP contribution in [0.2, 0.25) is 0 Å². The molecule has 1 unspecified atom stereocenters. The van der Waals surface area contributed by atoms with E-state index in [1.165, 1.54) is 24.8 Å². The summed E-state index contributed by atoms with van der Waals surface area (Å²) >= 11 is 0. The van der Waals surface area contributed by atoms with E-state index in [0.29, 0.717) is 43.4 Å². The van der Waals surface area contributed by atoms with E-state index >= 15 is 0 Å². The van der Waals surface area contributed by atoms with Crippen molar-refractivity contribution in [2.75, 3.05) is 44.0 Å². The minimum Gasteiger partial charge on any atom is -0.495 e. The molecule has 1 saturated carbocycles. The predicted octanol–water partition coefficient (Wildman–Crippen LogP) is 6.90. The van der Waals surface area contributed by atoms with E-state index < -0.39 is 0 Å². The second-order valence-corrected chi connectivity index (χ2v) is 12.5. The molecule has 1 atom stereocenters. The first kappa shape index (κ1) is 30.2. The van der Waals surface area contributed by atoms with Crippen molar-refractivity contribution in [1.82, 2.24) is 24.4 Å². The molecule has 0 bridgehead atoms. The van der Waals surface area contributed by atoms with Gasteiger partial charge in [-0.25, -0.2) is 9.78 Å². The molecular weight excluding hydrogens is 558 g/mol. The van der Waals surface area contributed by atoms with Crippen LogP contribution in [0.1, 0.15) is 83.4 Å². The van der Waals surface area contributed by atoms with Gasteiger partial charge in [-0.2, -0.15) is 9.97 Å². The molecule has 2 fully saturated rings. The van der Waals surface area contributed by atoms with Crippen molar-refractivity contribution in [3.63, 3.8) is 0 Å². The molecule has 6 rings (SSSR count). The van der Waals surface area contributed by atoms with Gasteiger partial charge in [0.1, 0.15) is 12.0 Å². The molecule has 1 amide bonds. The summed E-state index contributed by atoms with van der Waals surface area (Å²) in [7, 11) is 1.67. The number of methoxy groups -OCH3 is 1. The molecule has 3 aliphatic rings. The highest BCUT2D eigenvalue weighted by molar-refractivity contribution is 5.85. The van der Waals surface area contributed by atoms with Crippen LogP contribution in [-0.4, -0.2) is 70.0 Å². The first-order chi connectivity index (χ1) is 21.5. The summed E-state index contributed by atoms with van der Waals surface area (Å²) in [6.45, 7) is 6.39. The fourth-order valence-corrected chi connectivity index (χ4v) is 6.21. The lowest BCUT2D eigenvalue weighted by molar-refractivity contribution is -0.0298. The Bertz CT molecular complexity index is 1470. The fourth-order valence-electron chi connectivity index (χ4n) is 6.21. The number of rotatable bonds is 9. The van der Waals surface area contributed by atoms with Crippen LogP contribution in [0.4, 0.5) is 22.2 Å². The summed E-state index contributed by atoms with van der Waals surface area (Å²) in [4.78, 5) is 28.7. The van der Waals surface area contributed by atoms with Crippen molar-refractivity contribution in [3.05, 3.63) is 36.2 Å². The van der Waals surface area contributed by atoms with E-state index in [-0.39, 0.29) is 12.3 Å². The predicted molar refractivity (Wildman–Crippen MR) is 171 cm³/mol. The molecular formula is C33H45N7O4. The number of benzene rings is 1. The first-order valence-electron chi connectivity index (χ1n) is 16.2. The topological polar surface area (TPSA) is 116 Å². The Morgan fingerprint density at radius 3 is 2.68 bits per heavy atom. The monoisotopic (exact) mass is 603 g/mol. The zero-order valence-corrected chi connectivity index (χ0v) is 26.2. The van der Waals surface area contributed by atoms with Crippen LogP contribution in [0.15, 0.2) is 30.6 Å². The lowest BCUT2D eigenvalue weighted by Crippen LogP contribution is -2.35. The number of aromatic nitrogens is 4. The maximum Gasteiger partial charge on any atom is 0.410 e. The van der Waals surface area contributed by atoms with Gasteiger partial charge in [0.2, 0.25) is 5.95 Å². The highest BCUT2D eigenvalue weighted by atomic mass is 16.6. The number of hydrogen-bond donors (Lipinski definition) is 2. The summed E-state index contributed by atoms with van der Waals surface area (Å²) in [5.41, 5.74) is 4.53. The van der Waals surface area contributed by atoms with E-state index in [1.54, 1.807) is 12.0 Å². The largest absolute Gasteiger partial charge is 0.495 e. The number of anilines is 3. The van der Waals surface area contributed by atoms with Crippen molar-refractivity contribution in [1.29, 1.82) is 0 Å². The molecule has 1 saturated heterocycles. The zero-order valence-electron chi connectivity index (χ0n) is 26.2. The lowest BCUT2D eigenvalue weighted by Gasteiger charge is -2.26. The molecule has 3 aromatic rings. The molecule has 1 aliphatic carbocycles. The van der Waals surface area contributed by atoms with Crippen LogP contribution < -0.4 is 15.4 Å². The number of carbonyl (C=O) groups excluding carboxylic acids is 1. The minimum absolute atomic E-state index is 0.0791.